The summed E-state index contributed by atoms with van der Waals surface area (Å²) in [5.41, 5.74) is 1.43. The molecule has 0 radical (unpaired) electrons. The predicted octanol–water partition coefficient (Wildman–Crippen LogP) is 1.50. The number of carboxylic acids is 1. The van der Waals surface area contributed by atoms with Crippen LogP contribution < -0.4 is 5.56 Å². The van der Waals surface area contributed by atoms with Crippen LogP contribution in [-0.2, 0) is 11.3 Å². The lowest BCUT2D eigenvalue weighted by Crippen LogP contribution is -2.29. The highest BCUT2D eigenvalue weighted by Crippen LogP contribution is 2.16. The van der Waals surface area contributed by atoms with E-state index in [0.29, 0.717) is 18.8 Å². The van der Waals surface area contributed by atoms with Crippen LogP contribution in [0.25, 0.3) is 11.1 Å². The average Bonchev–Trinajstić information content (AvgIpc) is 3.07. The Morgan fingerprint density at radius 3 is 2.61 bits per heavy atom. The molecule has 2 heterocycles. The van der Waals surface area contributed by atoms with E-state index in [2.05, 4.69) is 4.90 Å². The second-order valence-corrected chi connectivity index (χ2v) is 5.46. The fourth-order valence-electron chi connectivity index (χ4n) is 2.60. The largest absolute Gasteiger partial charge is 0.478 e. The molecule has 0 unspecified atom stereocenters. The molecular weight excluding hydrogens is 296 g/mol. The van der Waals surface area contributed by atoms with Crippen molar-refractivity contribution in [3.8, 4) is 11.1 Å². The molecule has 0 bridgehead atoms. The summed E-state index contributed by atoms with van der Waals surface area (Å²) in [6, 6.07) is 9.94. The van der Waals surface area contributed by atoms with Crippen molar-refractivity contribution < 1.29 is 14.6 Å². The van der Waals surface area contributed by atoms with Gasteiger partial charge in [0.25, 0.3) is 5.56 Å². The molecule has 1 saturated heterocycles. The van der Waals surface area contributed by atoms with Crippen LogP contribution in [0.4, 0.5) is 0 Å². The number of rotatable bonds is 5. The van der Waals surface area contributed by atoms with E-state index in [4.69, 9.17) is 9.84 Å². The minimum Gasteiger partial charge on any atom is -0.478 e. The van der Waals surface area contributed by atoms with Crippen molar-refractivity contribution in [3.05, 3.63) is 58.5 Å². The van der Waals surface area contributed by atoms with Gasteiger partial charge in [0, 0.05) is 31.4 Å². The average molecular weight is 314 g/mol. The summed E-state index contributed by atoms with van der Waals surface area (Å²) < 4.78 is 6.97. The number of carbonyl (C=O) groups is 1. The maximum absolute atomic E-state index is 12.6. The highest BCUT2D eigenvalue weighted by atomic mass is 16.5. The van der Waals surface area contributed by atoms with E-state index in [1.807, 2.05) is 6.07 Å². The van der Waals surface area contributed by atoms with Gasteiger partial charge in [0.15, 0.2) is 0 Å². The van der Waals surface area contributed by atoms with E-state index in [0.717, 1.165) is 25.3 Å². The number of pyridine rings is 1. The summed E-state index contributed by atoms with van der Waals surface area (Å²) in [7, 11) is 0. The van der Waals surface area contributed by atoms with Crippen molar-refractivity contribution in [1.82, 2.24) is 9.47 Å². The van der Waals surface area contributed by atoms with Crippen molar-refractivity contribution in [2.75, 3.05) is 26.4 Å². The molecule has 1 N–H and O–H groups in total. The first-order valence-electron chi connectivity index (χ1n) is 7.48. The minimum absolute atomic E-state index is 0.0734. The van der Waals surface area contributed by atoms with Gasteiger partial charge >= 0.3 is 5.97 Å². The Bertz CT molecular complexity index is 746. The number of carboxylic acid groups (broad SMARTS) is 1. The summed E-state index contributed by atoms with van der Waals surface area (Å²) >= 11 is 0. The molecule has 1 aromatic carbocycles. The highest BCUT2D eigenvalue weighted by molar-refractivity contribution is 5.88. The van der Waals surface area contributed by atoms with E-state index >= 15 is 0 Å². The lowest BCUT2D eigenvalue weighted by Gasteiger charge is -2.14. The van der Waals surface area contributed by atoms with Gasteiger partial charge in [-0.2, -0.15) is 0 Å². The smallest absolute Gasteiger partial charge is 0.335 e. The maximum atomic E-state index is 12.6. The Balaban J connectivity index is 1.81. The molecule has 1 aromatic heterocycles. The molecule has 2 aromatic rings. The van der Waals surface area contributed by atoms with Gasteiger partial charge in [-0.1, -0.05) is 12.1 Å². The van der Waals surface area contributed by atoms with E-state index in [1.165, 1.54) is 12.1 Å². The third kappa shape index (κ3) is 3.49. The Hall–Kier alpha value is -2.44. The predicted molar refractivity (Wildman–Crippen MR) is 85.5 cm³/mol. The molecule has 0 aliphatic carbocycles. The Kier molecular flexibility index (Phi) is 4.55. The third-order valence-corrected chi connectivity index (χ3v) is 3.95. The zero-order chi connectivity index (χ0) is 16.2. The SMILES string of the molecule is O=C(O)c1ccc(-c2cccn(CCN3CCOC3)c2=O)cc1. The van der Waals surface area contributed by atoms with Crippen LogP contribution in [-0.4, -0.2) is 47.0 Å². The van der Waals surface area contributed by atoms with Crippen molar-refractivity contribution in [2.45, 2.75) is 6.54 Å². The Morgan fingerprint density at radius 2 is 1.96 bits per heavy atom. The van der Waals surface area contributed by atoms with Crippen LogP contribution in [0.15, 0.2) is 47.4 Å². The first-order chi connectivity index (χ1) is 11.1. The molecule has 23 heavy (non-hydrogen) atoms. The number of hydrogen-bond donors (Lipinski definition) is 1. The number of aromatic nitrogens is 1. The standard InChI is InChI=1S/C17H18N2O4/c20-16-15(13-3-5-14(6-4-13)17(21)22)2-1-7-19(16)9-8-18-10-11-23-12-18/h1-7H,8-12H2,(H,21,22). The lowest BCUT2D eigenvalue weighted by molar-refractivity contribution is 0.0697. The molecule has 0 amide bonds. The van der Waals surface area contributed by atoms with Crippen molar-refractivity contribution in [3.63, 3.8) is 0 Å². The third-order valence-electron chi connectivity index (χ3n) is 3.95. The van der Waals surface area contributed by atoms with Crippen LogP contribution in [0.5, 0.6) is 0 Å². The van der Waals surface area contributed by atoms with E-state index in [9.17, 15) is 9.59 Å². The fraction of sp³-hybridized carbons (Fsp3) is 0.294. The van der Waals surface area contributed by atoms with Gasteiger partial charge in [-0.25, -0.2) is 4.79 Å². The summed E-state index contributed by atoms with van der Waals surface area (Å²) in [4.78, 5) is 25.6. The van der Waals surface area contributed by atoms with Crippen LogP contribution in [0, 0.1) is 0 Å². The van der Waals surface area contributed by atoms with Crippen molar-refractivity contribution >= 4 is 5.97 Å². The summed E-state index contributed by atoms with van der Waals surface area (Å²) in [6.45, 7) is 3.62. The fourth-order valence-corrected chi connectivity index (χ4v) is 2.60. The highest BCUT2D eigenvalue weighted by Gasteiger charge is 2.12. The first-order valence-corrected chi connectivity index (χ1v) is 7.48. The van der Waals surface area contributed by atoms with Gasteiger partial charge in [0.05, 0.1) is 18.9 Å². The second-order valence-electron chi connectivity index (χ2n) is 5.46. The van der Waals surface area contributed by atoms with E-state index in [-0.39, 0.29) is 11.1 Å². The van der Waals surface area contributed by atoms with Gasteiger partial charge in [-0.05, 0) is 29.8 Å². The topological polar surface area (TPSA) is 71.8 Å². The molecule has 6 heteroatoms. The Morgan fingerprint density at radius 1 is 1.17 bits per heavy atom. The maximum Gasteiger partial charge on any atom is 0.335 e. The van der Waals surface area contributed by atoms with Crippen LogP contribution in [0.2, 0.25) is 0 Å². The first kappa shape index (κ1) is 15.5. The molecule has 0 atom stereocenters. The molecule has 0 spiro atoms. The van der Waals surface area contributed by atoms with Crippen molar-refractivity contribution in [1.29, 1.82) is 0 Å². The monoisotopic (exact) mass is 314 g/mol. The normalized spacial score (nSPS) is 15.0. The number of hydrogen-bond acceptors (Lipinski definition) is 4. The number of benzene rings is 1. The van der Waals surface area contributed by atoms with Gasteiger partial charge in [0.2, 0.25) is 0 Å². The molecule has 3 rings (SSSR count). The summed E-state index contributed by atoms with van der Waals surface area (Å²) in [6.07, 6.45) is 1.77. The molecule has 1 fully saturated rings. The zero-order valence-electron chi connectivity index (χ0n) is 12.6. The molecule has 0 saturated carbocycles. The van der Waals surface area contributed by atoms with E-state index < -0.39 is 5.97 Å². The molecule has 1 aliphatic rings. The van der Waals surface area contributed by atoms with Crippen LogP contribution >= 0.6 is 0 Å². The van der Waals surface area contributed by atoms with Gasteiger partial charge in [-0.3, -0.25) is 9.69 Å². The Labute approximate surface area is 133 Å². The summed E-state index contributed by atoms with van der Waals surface area (Å²) in [5, 5.41) is 8.94. The van der Waals surface area contributed by atoms with Gasteiger partial charge < -0.3 is 14.4 Å². The number of aromatic carboxylic acids is 1. The minimum atomic E-state index is -0.977. The van der Waals surface area contributed by atoms with Gasteiger partial charge in [0.1, 0.15) is 0 Å². The van der Waals surface area contributed by atoms with E-state index in [1.54, 1.807) is 29.0 Å². The second kappa shape index (κ2) is 6.76. The quantitative estimate of drug-likeness (QED) is 0.905. The number of ether oxygens (including phenoxy) is 1. The van der Waals surface area contributed by atoms with Crippen LogP contribution in [0.1, 0.15) is 10.4 Å². The molecule has 6 nitrogen and oxygen atoms in total. The number of nitrogens with zero attached hydrogens (tertiary/aromatic N) is 2. The lowest BCUT2D eigenvalue weighted by atomic mass is 10.1. The summed E-state index contributed by atoms with van der Waals surface area (Å²) in [5.74, 6) is -0.977. The molecule has 1 aliphatic heterocycles. The van der Waals surface area contributed by atoms with Gasteiger partial charge in [-0.15, -0.1) is 0 Å². The zero-order valence-corrected chi connectivity index (χ0v) is 12.6. The van der Waals surface area contributed by atoms with Crippen LogP contribution in [0.3, 0.4) is 0 Å². The molecule has 120 valence electrons. The molecular formula is C17H18N2O4. The van der Waals surface area contributed by atoms with Crippen molar-refractivity contribution in [2.24, 2.45) is 0 Å².